The molecule has 0 aliphatic carbocycles. The number of aliphatic carboxylic acids is 1. The third-order valence-corrected chi connectivity index (χ3v) is 2.18. The van der Waals surface area contributed by atoms with Crippen molar-refractivity contribution < 1.29 is 24.1 Å². The van der Waals surface area contributed by atoms with Crippen molar-refractivity contribution in [3.8, 4) is 11.5 Å². The smallest absolute Gasteiger partial charge is 0.305 e. The summed E-state index contributed by atoms with van der Waals surface area (Å²) in [6.45, 7) is 0.553. The Morgan fingerprint density at radius 3 is 2.53 bits per heavy atom. The summed E-state index contributed by atoms with van der Waals surface area (Å²) in [7, 11) is 3.13. The van der Waals surface area contributed by atoms with E-state index in [1.54, 1.807) is 26.4 Å². The maximum absolute atomic E-state index is 10.3. The number of benzene rings is 1. The molecule has 1 aromatic rings. The molecule has 0 radical (unpaired) electrons. The Hall–Kier alpha value is -1.75. The Morgan fingerprint density at radius 1 is 1.24 bits per heavy atom. The summed E-state index contributed by atoms with van der Waals surface area (Å²) in [5.74, 6) is 0.422. The maximum Gasteiger partial charge on any atom is 0.305 e. The zero-order valence-corrected chi connectivity index (χ0v) is 9.93. The van der Waals surface area contributed by atoms with Gasteiger partial charge in [-0.15, -0.1) is 0 Å². The van der Waals surface area contributed by atoms with Gasteiger partial charge < -0.3 is 19.3 Å². The minimum Gasteiger partial charge on any atom is -0.493 e. The van der Waals surface area contributed by atoms with E-state index >= 15 is 0 Å². The van der Waals surface area contributed by atoms with E-state index < -0.39 is 5.97 Å². The van der Waals surface area contributed by atoms with Crippen molar-refractivity contribution in [1.29, 1.82) is 0 Å². The highest BCUT2D eigenvalue weighted by Crippen LogP contribution is 2.27. The quantitative estimate of drug-likeness (QED) is 0.735. The first-order valence-corrected chi connectivity index (χ1v) is 5.17. The van der Waals surface area contributed by atoms with E-state index in [0.717, 1.165) is 5.56 Å². The molecule has 5 heteroatoms. The van der Waals surface area contributed by atoms with Crippen LogP contribution in [0.5, 0.6) is 11.5 Å². The average molecular weight is 240 g/mol. The van der Waals surface area contributed by atoms with Crippen LogP contribution in [0.25, 0.3) is 0 Å². The molecule has 0 unspecified atom stereocenters. The topological polar surface area (TPSA) is 65.0 Å². The van der Waals surface area contributed by atoms with Gasteiger partial charge in [0.25, 0.3) is 0 Å². The molecule has 0 aliphatic rings. The van der Waals surface area contributed by atoms with Crippen molar-refractivity contribution in [3.05, 3.63) is 23.8 Å². The van der Waals surface area contributed by atoms with Gasteiger partial charge in [-0.1, -0.05) is 6.07 Å². The van der Waals surface area contributed by atoms with Crippen LogP contribution >= 0.6 is 0 Å². The number of methoxy groups -OCH3 is 2. The molecule has 0 aliphatic heterocycles. The Bertz CT molecular complexity index is 375. The van der Waals surface area contributed by atoms with Gasteiger partial charge >= 0.3 is 5.97 Å². The van der Waals surface area contributed by atoms with Crippen molar-refractivity contribution in [1.82, 2.24) is 0 Å². The van der Waals surface area contributed by atoms with Crippen LogP contribution in [-0.4, -0.2) is 31.9 Å². The van der Waals surface area contributed by atoms with Crippen molar-refractivity contribution in [2.75, 3.05) is 20.8 Å². The first-order chi connectivity index (χ1) is 8.17. The Morgan fingerprint density at radius 2 is 1.94 bits per heavy atom. The Balaban J connectivity index is 2.51. The summed E-state index contributed by atoms with van der Waals surface area (Å²) >= 11 is 0. The van der Waals surface area contributed by atoms with E-state index in [0.29, 0.717) is 18.1 Å². The van der Waals surface area contributed by atoms with Gasteiger partial charge in [0, 0.05) is 0 Å². The molecule has 1 aromatic carbocycles. The number of ether oxygens (including phenoxy) is 3. The molecule has 0 aromatic heterocycles. The fourth-order valence-electron chi connectivity index (χ4n) is 1.32. The number of carboxylic acids is 1. The first kappa shape index (κ1) is 13.3. The molecule has 1 rings (SSSR count). The lowest BCUT2D eigenvalue weighted by molar-refractivity contribution is -0.138. The van der Waals surface area contributed by atoms with Crippen LogP contribution < -0.4 is 9.47 Å². The number of carbonyl (C=O) groups is 1. The van der Waals surface area contributed by atoms with Crippen molar-refractivity contribution in [2.45, 2.75) is 13.0 Å². The van der Waals surface area contributed by atoms with Crippen molar-refractivity contribution in [2.24, 2.45) is 0 Å². The molecule has 0 saturated heterocycles. The van der Waals surface area contributed by atoms with Gasteiger partial charge in [-0.2, -0.15) is 0 Å². The zero-order chi connectivity index (χ0) is 12.7. The second-order valence-corrected chi connectivity index (χ2v) is 3.39. The van der Waals surface area contributed by atoms with Gasteiger partial charge in [-0.25, -0.2) is 0 Å². The van der Waals surface area contributed by atoms with Gasteiger partial charge in [-0.05, 0) is 17.7 Å². The van der Waals surface area contributed by atoms with Crippen LogP contribution in [0, 0.1) is 0 Å². The summed E-state index contributed by atoms with van der Waals surface area (Å²) in [5.41, 5.74) is 0.910. The van der Waals surface area contributed by atoms with E-state index in [1.807, 2.05) is 6.07 Å². The second kappa shape index (κ2) is 6.75. The number of hydrogen-bond acceptors (Lipinski definition) is 4. The van der Waals surface area contributed by atoms with Gasteiger partial charge in [-0.3, -0.25) is 4.79 Å². The highest BCUT2D eigenvalue weighted by molar-refractivity contribution is 5.66. The first-order valence-electron chi connectivity index (χ1n) is 5.17. The largest absolute Gasteiger partial charge is 0.493 e. The maximum atomic E-state index is 10.3. The molecule has 94 valence electrons. The zero-order valence-electron chi connectivity index (χ0n) is 9.93. The van der Waals surface area contributed by atoms with Gasteiger partial charge in [0.05, 0.1) is 33.9 Å². The van der Waals surface area contributed by atoms with Gasteiger partial charge in [0.15, 0.2) is 11.5 Å². The fourth-order valence-corrected chi connectivity index (χ4v) is 1.32. The van der Waals surface area contributed by atoms with Gasteiger partial charge in [0.2, 0.25) is 0 Å². The lowest BCUT2D eigenvalue weighted by Crippen LogP contribution is -2.03. The third-order valence-electron chi connectivity index (χ3n) is 2.18. The molecule has 0 spiro atoms. The summed E-state index contributed by atoms with van der Waals surface area (Å²) in [4.78, 5) is 10.3. The van der Waals surface area contributed by atoms with Crippen LogP contribution in [0.2, 0.25) is 0 Å². The SMILES string of the molecule is COc1ccc(COCCC(=O)O)cc1OC. The minimum atomic E-state index is -0.864. The fraction of sp³-hybridized carbons (Fsp3) is 0.417. The molecule has 0 bridgehead atoms. The molecule has 17 heavy (non-hydrogen) atoms. The molecule has 0 amide bonds. The van der Waals surface area contributed by atoms with Gasteiger partial charge in [0.1, 0.15) is 0 Å². The normalized spacial score (nSPS) is 10.0. The highest BCUT2D eigenvalue weighted by atomic mass is 16.5. The lowest BCUT2D eigenvalue weighted by atomic mass is 10.2. The molecule has 0 atom stereocenters. The van der Waals surface area contributed by atoms with E-state index in [4.69, 9.17) is 19.3 Å². The standard InChI is InChI=1S/C12H16O5/c1-15-10-4-3-9(7-11(10)16-2)8-17-6-5-12(13)14/h3-4,7H,5-6,8H2,1-2H3,(H,13,14). The molecule has 5 nitrogen and oxygen atoms in total. The third kappa shape index (κ3) is 4.32. The van der Waals surface area contributed by atoms with Crippen LogP contribution in [0.3, 0.4) is 0 Å². The number of rotatable bonds is 7. The van der Waals surface area contributed by atoms with Crippen molar-refractivity contribution in [3.63, 3.8) is 0 Å². The van der Waals surface area contributed by atoms with Crippen LogP contribution in [0.15, 0.2) is 18.2 Å². The molecule has 0 heterocycles. The second-order valence-electron chi connectivity index (χ2n) is 3.39. The molecular weight excluding hydrogens is 224 g/mol. The summed E-state index contributed by atoms with van der Waals surface area (Å²) in [6, 6.07) is 5.44. The van der Waals surface area contributed by atoms with Crippen LogP contribution in [0.1, 0.15) is 12.0 Å². The monoisotopic (exact) mass is 240 g/mol. The van der Waals surface area contributed by atoms with Crippen LogP contribution in [0.4, 0.5) is 0 Å². The highest BCUT2D eigenvalue weighted by Gasteiger charge is 2.04. The summed E-state index contributed by atoms with van der Waals surface area (Å²) in [5, 5.41) is 8.44. The Labute approximate surface area is 99.9 Å². The predicted molar refractivity (Wildman–Crippen MR) is 61.5 cm³/mol. The Kier molecular flexibility index (Phi) is 5.29. The predicted octanol–water partition coefficient (Wildman–Crippen LogP) is 1.70. The van der Waals surface area contributed by atoms with Crippen LogP contribution in [-0.2, 0) is 16.1 Å². The summed E-state index contributed by atoms with van der Waals surface area (Å²) < 4.78 is 15.5. The number of carboxylic acid groups (broad SMARTS) is 1. The van der Waals surface area contributed by atoms with E-state index in [2.05, 4.69) is 0 Å². The number of hydrogen-bond donors (Lipinski definition) is 1. The molecule has 0 fully saturated rings. The van der Waals surface area contributed by atoms with Crippen molar-refractivity contribution >= 4 is 5.97 Å². The lowest BCUT2D eigenvalue weighted by Gasteiger charge is -2.09. The molecule has 0 saturated carbocycles. The molecule has 1 N–H and O–H groups in total. The molecular formula is C12H16O5. The van der Waals surface area contributed by atoms with E-state index in [1.165, 1.54) is 0 Å². The van der Waals surface area contributed by atoms with E-state index in [-0.39, 0.29) is 13.0 Å². The average Bonchev–Trinajstić information content (AvgIpc) is 2.34. The minimum absolute atomic E-state index is 0.00723. The summed E-state index contributed by atoms with van der Waals surface area (Å²) in [6.07, 6.45) is 0.00723. The van der Waals surface area contributed by atoms with E-state index in [9.17, 15) is 4.79 Å².